The fourth-order valence-electron chi connectivity index (χ4n) is 3.23. The molecule has 5 nitrogen and oxygen atoms in total. The first kappa shape index (κ1) is 14.3. The van der Waals surface area contributed by atoms with Crippen molar-refractivity contribution < 1.29 is 4.79 Å². The quantitative estimate of drug-likeness (QED) is 0.928. The second kappa shape index (κ2) is 6.41. The molecule has 2 fully saturated rings. The Morgan fingerprint density at radius 2 is 1.86 bits per heavy atom. The number of aromatic nitrogens is 2. The molecule has 0 bridgehead atoms. The largest absolute Gasteiger partial charge is 0.348 e. The second-order valence-electron chi connectivity index (χ2n) is 6.20. The van der Waals surface area contributed by atoms with Crippen LogP contribution in [0.1, 0.15) is 61.1 Å². The standard InChI is InChI=1S/C16H24N4O/c1-12-11-14(15(21)18-13-7-3-2-4-8-13)19-16(17-12)20-9-5-6-10-20/h11,13H,2-10H2,1H3,(H,18,21). The first-order chi connectivity index (χ1) is 10.2. The lowest BCUT2D eigenvalue weighted by molar-refractivity contribution is 0.0922. The van der Waals surface area contributed by atoms with Crippen LogP contribution in [-0.2, 0) is 0 Å². The Bertz CT molecular complexity index is 505. The highest BCUT2D eigenvalue weighted by atomic mass is 16.1. The van der Waals surface area contributed by atoms with Gasteiger partial charge >= 0.3 is 0 Å². The van der Waals surface area contributed by atoms with Crippen LogP contribution in [-0.4, -0.2) is 35.0 Å². The van der Waals surface area contributed by atoms with E-state index >= 15 is 0 Å². The van der Waals surface area contributed by atoms with Crippen molar-refractivity contribution in [2.75, 3.05) is 18.0 Å². The minimum atomic E-state index is -0.0483. The Morgan fingerprint density at radius 3 is 2.57 bits per heavy atom. The Morgan fingerprint density at radius 1 is 1.14 bits per heavy atom. The van der Waals surface area contributed by atoms with Crippen LogP contribution in [0.4, 0.5) is 5.95 Å². The third kappa shape index (κ3) is 3.52. The Labute approximate surface area is 126 Å². The van der Waals surface area contributed by atoms with Gasteiger partial charge in [0.15, 0.2) is 0 Å². The van der Waals surface area contributed by atoms with E-state index in [0.29, 0.717) is 17.7 Å². The van der Waals surface area contributed by atoms with Gasteiger partial charge in [-0.15, -0.1) is 0 Å². The van der Waals surface area contributed by atoms with E-state index < -0.39 is 0 Å². The Hall–Kier alpha value is -1.65. The van der Waals surface area contributed by atoms with Crippen molar-refractivity contribution >= 4 is 11.9 Å². The van der Waals surface area contributed by atoms with E-state index in [1.165, 1.54) is 32.1 Å². The molecule has 1 saturated heterocycles. The van der Waals surface area contributed by atoms with E-state index in [2.05, 4.69) is 20.2 Å². The van der Waals surface area contributed by atoms with Crippen LogP contribution >= 0.6 is 0 Å². The molecule has 1 aliphatic heterocycles. The third-order valence-electron chi connectivity index (χ3n) is 4.40. The van der Waals surface area contributed by atoms with Crippen LogP contribution in [0.3, 0.4) is 0 Å². The van der Waals surface area contributed by atoms with Crippen molar-refractivity contribution in [3.05, 3.63) is 17.5 Å². The number of hydrogen-bond donors (Lipinski definition) is 1. The van der Waals surface area contributed by atoms with Crippen molar-refractivity contribution in [2.24, 2.45) is 0 Å². The molecule has 0 unspecified atom stereocenters. The summed E-state index contributed by atoms with van der Waals surface area (Å²) in [7, 11) is 0. The van der Waals surface area contributed by atoms with Gasteiger partial charge in [-0.1, -0.05) is 19.3 Å². The molecule has 114 valence electrons. The molecule has 21 heavy (non-hydrogen) atoms. The van der Waals surface area contributed by atoms with E-state index in [1.54, 1.807) is 6.07 Å². The summed E-state index contributed by atoms with van der Waals surface area (Å²) in [5, 5.41) is 3.13. The highest BCUT2D eigenvalue weighted by Crippen LogP contribution is 2.19. The van der Waals surface area contributed by atoms with Crippen LogP contribution in [0.15, 0.2) is 6.07 Å². The molecular weight excluding hydrogens is 264 g/mol. The zero-order valence-corrected chi connectivity index (χ0v) is 12.8. The molecule has 1 aliphatic carbocycles. The van der Waals surface area contributed by atoms with Crippen molar-refractivity contribution in [3.63, 3.8) is 0 Å². The van der Waals surface area contributed by atoms with E-state index in [0.717, 1.165) is 31.6 Å². The number of amides is 1. The molecule has 0 aromatic carbocycles. The van der Waals surface area contributed by atoms with Gasteiger partial charge < -0.3 is 10.2 Å². The predicted octanol–water partition coefficient (Wildman–Crippen LogP) is 2.45. The van der Waals surface area contributed by atoms with Gasteiger partial charge in [0.05, 0.1) is 0 Å². The lowest BCUT2D eigenvalue weighted by Gasteiger charge is -2.23. The maximum absolute atomic E-state index is 12.4. The second-order valence-corrected chi connectivity index (χ2v) is 6.20. The zero-order chi connectivity index (χ0) is 14.7. The summed E-state index contributed by atoms with van der Waals surface area (Å²) < 4.78 is 0. The highest BCUT2D eigenvalue weighted by Gasteiger charge is 2.20. The number of carbonyl (C=O) groups excluding carboxylic acids is 1. The lowest BCUT2D eigenvalue weighted by Crippen LogP contribution is -2.37. The summed E-state index contributed by atoms with van der Waals surface area (Å²) in [5.41, 5.74) is 1.37. The Balaban J connectivity index is 1.72. The molecule has 1 aromatic heterocycles. The van der Waals surface area contributed by atoms with Crippen LogP contribution in [0.5, 0.6) is 0 Å². The fraction of sp³-hybridized carbons (Fsp3) is 0.688. The van der Waals surface area contributed by atoms with Crippen molar-refractivity contribution in [1.29, 1.82) is 0 Å². The molecule has 1 saturated carbocycles. The summed E-state index contributed by atoms with van der Waals surface area (Å²) in [6, 6.07) is 2.11. The summed E-state index contributed by atoms with van der Waals surface area (Å²) >= 11 is 0. The zero-order valence-electron chi connectivity index (χ0n) is 12.8. The van der Waals surface area contributed by atoms with Gasteiger partial charge in [-0.25, -0.2) is 9.97 Å². The first-order valence-corrected chi connectivity index (χ1v) is 8.14. The molecule has 0 radical (unpaired) electrons. The smallest absolute Gasteiger partial charge is 0.270 e. The summed E-state index contributed by atoms with van der Waals surface area (Å²) in [6.07, 6.45) is 8.27. The molecule has 0 atom stereocenters. The average molecular weight is 288 g/mol. The first-order valence-electron chi connectivity index (χ1n) is 8.14. The molecule has 5 heteroatoms. The third-order valence-corrected chi connectivity index (χ3v) is 4.40. The van der Waals surface area contributed by atoms with Gasteiger partial charge in [0.25, 0.3) is 5.91 Å². The number of hydrogen-bond acceptors (Lipinski definition) is 4. The number of nitrogens with one attached hydrogen (secondary N) is 1. The van der Waals surface area contributed by atoms with E-state index in [-0.39, 0.29) is 5.91 Å². The minimum Gasteiger partial charge on any atom is -0.348 e. The topological polar surface area (TPSA) is 58.1 Å². The van der Waals surface area contributed by atoms with Gasteiger partial charge in [-0.3, -0.25) is 4.79 Å². The SMILES string of the molecule is Cc1cc(C(=O)NC2CCCCC2)nc(N2CCCC2)n1. The molecule has 2 aliphatic rings. The number of anilines is 1. The molecule has 2 heterocycles. The molecule has 3 rings (SSSR count). The van der Waals surface area contributed by atoms with E-state index in [4.69, 9.17) is 0 Å². The predicted molar refractivity (Wildman–Crippen MR) is 82.6 cm³/mol. The molecule has 0 spiro atoms. The number of aryl methyl sites for hydroxylation is 1. The minimum absolute atomic E-state index is 0.0483. The van der Waals surface area contributed by atoms with Gasteiger partial charge in [0.2, 0.25) is 5.95 Å². The van der Waals surface area contributed by atoms with Crippen LogP contribution in [0, 0.1) is 6.92 Å². The van der Waals surface area contributed by atoms with Crippen molar-refractivity contribution in [1.82, 2.24) is 15.3 Å². The fourth-order valence-corrected chi connectivity index (χ4v) is 3.23. The van der Waals surface area contributed by atoms with Crippen LogP contribution in [0.25, 0.3) is 0 Å². The van der Waals surface area contributed by atoms with Gasteiger partial charge in [0, 0.05) is 24.8 Å². The molecule has 1 aromatic rings. The number of nitrogens with zero attached hydrogens (tertiary/aromatic N) is 3. The summed E-state index contributed by atoms with van der Waals surface area (Å²) in [6.45, 7) is 3.92. The number of carbonyl (C=O) groups is 1. The molecule has 1 amide bonds. The maximum atomic E-state index is 12.4. The normalized spacial score (nSPS) is 19.8. The van der Waals surface area contributed by atoms with Crippen molar-refractivity contribution in [3.8, 4) is 0 Å². The lowest BCUT2D eigenvalue weighted by atomic mass is 9.95. The van der Waals surface area contributed by atoms with Gasteiger partial charge in [0.1, 0.15) is 5.69 Å². The van der Waals surface area contributed by atoms with E-state index in [9.17, 15) is 4.79 Å². The van der Waals surface area contributed by atoms with Crippen LogP contribution < -0.4 is 10.2 Å². The summed E-state index contributed by atoms with van der Waals surface area (Å²) in [4.78, 5) is 23.5. The maximum Gasteiger partial charge on any atom is 0.270 e. The molecular formula is C16H24N4O. The highest BCUT2D eigenvalue weighted by molar-refractivity contribution is 5.92. The van der Waals surface area contributed by atoms with Gasteiger partial charge in [-0.05, 0) is 38.7 Å². The number of rotatable bonds is 3. The average Bonchev–Trinajstić information content (AvgIpc) is 3.02. The van der Waals surface area contributed by atoms with Gasteiger partial charge in [-0.2, -0.15) is 0 Å². The van der Waals surface area contributed by atoms with Crippen molar-refractivity contribution in [2.45, 2.75) is 57.9 Å². The monoisotopic (exact) mass is 288 g/mol. The summed E-state index contributed by atoms with van der Waals surface area (Å²) in [5.74, 6) is 0.661. The molecule has 1 N–H and O–H groups in total. The van der Waals surface area contributed by atoms with E-state index in [1.807, 2.05) is 6.92 Å². The Kier molecular flexibility index (Phi) is 4.36. The van der Waals surface area contributed by atoms with Crippen LogP contribution in [0.2, 0.25) is 0 Å².